The molecular formula is C15H26N2O. The summed E-state index contributed by atoms with van der Waals surface area (Å²) in [4.78, 5) is 2.57. The van der Waals surface area contributed by atoms with Crippen LogP contribution in [0.25, 0.3) is 0 Å². The zero-order valence-corrected chi connectivity index (χ0v) is 12.1. The van der Waals surface area contributed by atoms with Crippen molar-refractivity contribution in [1.82, 2.24) is 10.2 Å². The Bertz CT molecular complexity index is 386. The Morgan fingerprint density at radius 2 is 2.22 bits per heavy atom. The van der Waals surface area contributed by atoms with E-state index >= 15 is 0 Å². The van der Waals surface area contributed by atoms with Crippen molar-refractivity contribution in [1.29, 1.82) is 0 Å². The molecule has 1 aromatic heterocycles. The molecule has 1 aromatic rings. The number of rotatable bonds is 3. The summed E-state index contributed by atoms with van der Waals surface area (Å²) in [7, 11) is 0. The fourth-order valence-electron chi connectivity index (χ4n) is 2.95. The highest BCUT2D eigenvalue weighted by Crippen LogP contribution is 2.27. The van der Waals surface area contributed by atoms with Crippen LogP contribution in [-0.4, -0.2) is 30.6 Å². The second kappa shape index (κ2) is 5.89. The quantitative estimate of drug-likeness (QED) is 0.894. The van der Waals surface area contributed by atoms with Crippen molar-refractivity contribution in [2.24, 2.45) is 0 Å². The van der Waals surface area contributed by atoms with Gasteiger partial charge in [0.05, 0.1) is 0 Å². The van der Waals surface area contributed by atoms with Gasteiger partial charge in [-0.1, -0.05) is 6.92 Å². The average molecular weight is 250 g/mol. The van der Waals surface area contributed by atoms with Crippen LogP contribution in [0.2, 0.25) is 0 Å². The lowest BCUT2D eigenvalue weighted by Gasteiger charge is -2.27. The number of aryl methyl sites for hydroxylation is 2. The first-order chi connectivity index (χ1) is 8.61. The summed E-state index contributed by atoms with van der Waals surface area (Å²) in [5.41, 5.74) is 1.35. The van der Waals surface area contributed by atoms with E-state index in [-0.39, 0.29) is 0 Å². The molecule has 1 fully saturated rings. The maximum absolute atomic E-state index is 5.66. The number of hydrogen-bond acceptors (Lipinski definition) is 3. The Labute approximate surface area is 111 Å². The van der Waals surface area contributed by atoms with Gasteiger partial charge in [-0.25, -0.2) is 0 Å². The number of nitrogens with zero attached hydrogens (tertiary/aromatic N) is 1. The molecule has 2 heterocycles. The van der Waals surface area contributed by atoms with Crippen LogP contribution in [0.1, 0.15) is 49.8 Å². The molecule has 0 radical (unpaired) electrons. The first kappa shape index (κ1) is 13.6. The van der Waals surface area contributed by atoms with Crippen LogP contribution in [0, 0.1) is 13.8 Å². The van der Waals surface area contributed by atoms with Gasteiger partial charge >= 0.3 is 0 Å². The molecule has 0 aromatic carbocycles. The van der Waals surface area contributed by atoms with E-state index < -0.39 is 0 Å². The molecule has 2 atom stereocenters. The number of furan rings is 1. The van der Waals surface area contributed by atoms with E-state index in [4.69, 9.17) is 4.42 Å². The zero-order valence-electron chi connectivity index (χ0n) is 12.1. The molecule has 1 N–H and O–H groups in total. The van der Waals surface area contributed by atoms with E-state index in [0.717, 1.165) is 24.6 Å². The normalized spacial score (nSPS) is 23.9. The van der Waals surface area contributed by atoms with Crippen LogP contribution in [0.5, 0.6) is 0 Å². The highest BCUT2D eigenvalue weighted by Gasteiger charge is 2.22. The Hall–Kier alpha value is -0.800. The predicted octanol–water partition coefficient (Wildman–Crippen LogP) is 3.03. The minimum Gasteiger partial charge on any atom is -0.466 e. The molecule has 3 heteroatoms. The first-order valence-corrected chi connectivity index (χ1v) is 7.16. The molecule has 1 aliphatic heterocycles. The third-order valence-electron chi connectivity index (χ3n) is 4.17. The SMILES string of the molecule is CCC1CCN(C(C)c2cc(C)oc2C)CCN1. The molecule has 102 valence electrons. The lowest BCUT2D eigenvalue weighted by molar-refractivity contribution is 0.221. The molecule has 0 saturated carbocycles. The van der Waals surface area contributed by atoms with E-state index in [2.05, 4.69) is 37.1 Å². The van der Waals surface area contributed by atoms with E-state index in [1.54, 1.807) is 0 Å². The fourth-order valence-corrected chi connectivity index (χ4v) is 2.95. The van der Waals surface area contributed by atoms with Gasteiger partial charge < -0.3 is 9.73 Å². The maximum atomic E-state index is 5.66. The lowest BCUT2D eigenvalue weighted by atomic mass is 10.1. The molecule has 2 unspecified atom stereocenters. The molecule has 0 spiro atoms. The summed E-state index contributed by atoms with van der Waals surface area (Å²) in [6.07, 6.45) is 2.47. The van der Waals surface area contributed by atoms with Gasteiger partial charge in [-0.15, -0.1) is 0 Å². The topological polar surface area (TPSA) is 28.4 Å². The molecule has 0 bridgehead atoms. The van der Waals surface area contributed by atoms with Crippen LogP contribution in [0.4, 0.5) is 0 Å². The minimum atomic E-state index is 0.458. The van der Waals surface area contributed by atoms with Gasteiger partial charge in [0.2, 0.25) is 0 Å². The van der Waals surface area contributed by atoms with Crippen molar-refractivity contribution in [2.75, 3.05) is 19.6 Å². The van der Waals surface area contributed by atoms with Crippen LogP contribution in [0.15, 0.2) is 10.5 Å². The lowest BCUT2D eigenvalue weighted by Crippen LogP contribution is -2.31. The largest absolute Gasteiger partial charge is 0.466 e. The standard InChI is InChI=1S/C15H26N2O/c1-5-14-6-8-17(9-7-16-14)12(3)15-10-11(2)18-13(15)4/h10,12,14,16H,5-9H2,1-4H3. The van der Waals surface area contributed by atoms with Crippen LogP contribution in [-0.2, 0) is 0 Å². The van der Waals surface area contributed by atoms with Crippen LogP contribution < -0.4 is 5.32 Å². The zero-order chi connectivity index (χ0) is 13.1. The van der Waals surface area contributed by atoms with Gasteiger partial charge in [0.15, 0.2) is 0 Å². The van der Waals surface area contributed by atoms with Gasteiger partial charge in [-0.2, -0.15) is 0 Å². The molecule has 2 rings (SSSR count). The van der Waals surface area contributed by atoms with Crippen molar-refractivity contribution >= 4 is 0 Å². The average Bonchev–Trinajstić information content (AvgIpc) is 2.56. The number of hydrogen-bond donors (Lipinski definition) is 1. The first-order valence-electron chi connectivity index (χ1n) is 7.16. The second-order valence-electron chi connectivity index (χ2n) is 5.43. The van der Waals surface area contributed by atoms with E-state index in [9.17, 15) is 0 Å². The van der Waals surface area contributed by atoms with E-state index in [0.29, 0.717) is 12.1 Å². The Kier molecular flexibility index (Phi) is 4.46. The van der Waals surface area contributed by atoms with Crippen molar-refractivity contribution in [2.45, 2.75) is 52.6 Å². The molecule has 0 aliphatic carbocycles. The molecule has 3 nitrogen and oxygen atoms in total. The maximum Gasteiger partial charge on any atom is 0.105 e. The van der Waals surface area contributed by atoms with Gasteiger partial charge in [-0.05, 0) is 39.7 Å². The summed E-state index contributed by atoms with van der Waals surface area (Å²) in [6, 6.07) is 3.34. The Morgan fingerprint density at radius 3 is 2.83 bits per heavy atom. The summed E-state index contributed by atoms with van der Waals surface area (Å²) >= 11 is 0. The van der Waals surface area contributed by atoms with E-state index in [1.165, 1.54) is 24.9 Å². The van der Waals surface area contributed by atoms with Gasteiger partial charge in [0.1, 0.15) is 11.5 Å². The van der Waals surface area contributed by atoms with Crippen LogP contribution in [0.3, 0.4) is 0 Å². The van der Waals surface area contributed by atoms with Gasteiger partial charge in [0.25, 0.3) is 0 Å². The monoisotopic (exact) mass is 250 g/mol. The minimum absolute atomic E-state index is 0.458. The Morgan fingerprint density at radius 1 is 1.44 bits per heavy atom. The third kappa shape index (κ3) is 2.96. The van der Waals surface area contributed by atoms with Crippen molar-refractivity contribution in [3.05, 3.63) is 23.2 Å². The molecule has 18 heavy (non-hydrogen) atoms. The van der Waals surface area contributed by atoms with Crippen LogP contribution >= 0.6 is 0 Å². The Balaban J connectivity index is 2.04. The van der Waals surface area contributed by atoms with E-state index in [1.807, 2.05) is 6.92 Å². The summed E-state index contributed by atoms with van der Waals surface area (Å²) in [5.74, 6) is 2.10. The predicted molar refractivity (Wildman–Crippen MR) is 74.9 cm³/mol. The highest BCUT2D eigenvalue weighted by atomic mass is 16.3. The van der Waals surface area contributed by atoms with Gasteiger partial charge in [0, 0.05) is 37.3 Å². The fraction of sp³-hybridized carbons (Fsp3) is 0.733. The van der Waals surface area contributed by atoms with Gasteiger partial charge in [-0.3, -0.25) is 4.90 Å². The summed E-state index contributed by atoms with van der Waals surface area (Å²) in [5, 5.41) is 3.62. The summed E-state index contributed by atoms with van der Waals surface area (Å²) < 4.78 is 5.66. The number of nitrogens with one attached hydrogen (secondary N) is 1. The molecule has 0 amide bonds. The molecular weight excluding hydrogens is 224 g/mol. The summed E-state index contributed by atoms with van der Waals surface area (Å²) in [6.45, 7) is 12.1. The smallest absolute Gasteiger partial charge is 0.105 e. The molecule has 1 saturated heterocycles. The second-order valence-corrected chi connectivity index (χ2v) is 5.43. The molecule has 1 aliphatic rings. The van der Waals surface area contributed by atoms with Crippen molar-refractivity contribution in [3.8, 4) is 0 Å². The van der Waals surface area contributed by atoms with Crippen molar-refractivity contribution < 1.29 is 4.42 Å². The third-order valence-corrected chi connectivity index (χ3v) is 4.17. The highest BCUT2D eigenvalue weighted by molar-refractivity contribution is 5.23. The van der Waals surface area contributed by atoms with Crippen molar-refractivity contribution in [3.63, 3.8) is 0 Å².